The predicted molar refractivity (Wildman–Crippen MR) is 87.2 cm³/mol. The molecule has 1 aliphatic rings. The van der Waals surface area contributed by atoms with Crippen molar-refractivity contribution in [1.29, 1.82) is 0 Å². The molecule has 0 spiro atoms. The second kappa shape index (κ2) is 8.19. The van der Waals surface area contributed by atoms with E-state index in [0.717, 1.165) is 25.7 Å². The molecule has 2 atom stereocenters. The minimum Gasteiger partial charge on any atom is -0.461 e. The fourth-order valence-electron chi connectivity index (χ4n) is 2.75. The minimum atomic E-state index is -0.389. The number of halogens is 1. The van der Waals surface area contributed by atoms with Crippen molar-refractivity contribution in [2.45, 2.75) is 38.6 Å². The molecular weight excluding hydrogens is 306 g/mol. The fraction of sp³-hybridized carbons (Fsp3) is 0.600. The lowest BCUT2D eigenvalue weighted by Gasteiger charge is -2.25. The van der Waals surface area contributed by atoms with Gasteiger partial charge in [-0.1, -0.05) is 6.42 Å². The Morgan fingerprint density at radius 1 is 1.45 bits per heavy atom. The maximum atomic E-state index is 12.2. The van der Waals surface area contributed by atoms with Crippen molar-refractivity contribution in [3.63, 3.8) is 0 Å². The zero-order valence-corrected chi connectivity index (χ0v) is 13.8. The number of amides is 1. The van der Waals surface area contributed by atoms with Crippen LogP contribution in [0.1, 0.15) is 43.1 Å². The van der Waals surface area contributed by atoms with Gasteiger partial charge in [-0.3, -0.25) is 4.79 Å². The Morgan fingerprint density at radius 3 is 2.82 bits per heavy atom. The molecule has 1 saturated carbocycles. The van der Waals surface area contributed by atoms with Gasteiger partial charge in [0, 0.05) is 25.2 Å². The van der Waals surface area contributed by atoms with Gasteiger partial charge in [0.25, 0.3) is 0 Å². The standard InChI is InChI=1S/C15H23N3O3.ClH/c1-3-21-15(20)13-8-12(9-18(13)2)17-14(19)10-5-4-6-11(16)7-10;/h8-11H,3-7,16H2,1-2H3,(H,17,19);1H. The number of aromatic nitrogens is 1. The molecule has 22 heavy (non-hydrogen) atoms. The van der Waals surface area contributed by atoms with Crippen LogP contribution in [-0.2, 0) is 16.6 Å². The van der Waals surface area contributed by atoms with Crippen LogP contribution in [0.15, 0.2) is 12.3 Å². The summed E-state index contributed by atoms with van der Waals surface area (Å²) in [6, 6.07) is 1.75. The predicted octanol–water partition coefficient (Wildman–Crippen LogP) is 2.08. The molecule has 2 rings (SSSR count). The van der Waals surface area contributed by atoms with E-state index in [-0.39, 0.29) is 36.2 Å². The van der Waals surface area contributed by atoms with Gasteiger partial charge in [0.2, 0.25) is 5.91 Å². The largest absolute Gasteiger partial charge is 0.461 e. The Kier molecular flexibility index (Phi) is 6.90. The summed E-state index contributed by atoms with van der Waals surface area (Å²) in [5.41, 5.74) is 6.95. The molecule has 1 heterocycles. The van der Waals surface area contributed by atoms with Gasteiger partial charge >= 0.3 is 5.97 Å². The van der Waals surface area contributed by atoms with Crippen molar-refractivity contribution >= 4 is 30.0 Å². The van der Waals surface area contributed by atoms with E-state index < -0.39 is 0 Å². The molecule has 7 heteroatoms. The zero-order valence-electron chi connectivity index (χ0n) is 13.0. The summed E-state index contributed by atoms with van der Waals surface area (Å²) in [5, 5.41) is 2.87. The number of hydrogen-bond donors (Lipinski definition) is 2. The molecule has 1 aromatic heterocycles. The first-order chi connectivity index (χ1) is 10.0. The van der Waals surface area contributed by atoms with Crippen molar-refractivity contribution in [3.8, 4) is 0 Å². The lowest BCUT2D eigenvalue weighted by atomic mass is 9.85. The number of hydrogen-bond acceptors (Lipinski definition) is 4. The summed E-state index contributed by atoms with van der Waals surface area (Å²) in [6.45, 7) is 2.08. The van der Waals surface area contributed by atoms with Crippen LogP contribution in [0.2, 0.25) is 0 Å². The number of aryl methyl sites for hydroxylation is 1. The first-order valence-electron chi connectivity index (χ1n) is 7.41. The summed E-state index contributed by atoms with van der Waals surface area (Å²) in [5.74, 6) is -0.452. The van der Waals surface area contributed by atoms with Crippen LogP contribution >= 0.6 is 12.4 Å². The molecular formula is C15H24ClN3O3. The average molecular weight is 330 g/mol. The Labute approximate surface area is 136 Å². The van der Waals surface area contributed by atoms with E-state index in [0.29, 0.717) is 18.0 Å². The van der Waals surface area contributed by atoms with Crippen molar-refractivity contribution in [2.75, 3.05) is 11.9 Å². The Balaban J connectivity index is 0.00000242. The van der Waals surface area contributed by atoms with Gasteiger partial charge in [0.1, 0.15) is 5.69 Å². The Hall–Kier alpha value is -1.53. The van der Waals surface area contributed by atoms with Gasteiger partial charge in [-0.2, -0.15) is 0 Å². The number of anilines is 1. The van der Waals surface area contributed by atoms with Gasteiger partial charge in [-0.15, -0.1) is 12.4 Å². The number of nitrogens with one attached hydrogen (secondary N) is 1. The normalized spacial score (nSPS) is 20.9. The third kappa shape index (κ3) is 4.48. The maximum absolute atomic E-state index is 12.2. The molecule has 0 aliphatic heterocycles. The number of carbonyl (C=O) groups excluding carboxylic acids is 2. The van der Waals surface area contributed by atoms with Crippen LogP contribution in [-0.4, -0.2) is 29.1 Å². The maximum Gasteiger partial charge on any atom is 0.355 e. The lowest BCUT2D eigenvalue weighted by molar-refractivity contribution is -0.120. The Bertz CT molecular complexity index is 530. The van der Waals surface area contributed by atoms with Crippen molar-refractivity contribution in [2.24, 2.45) is 18.7 Å². The quantitative estimate of drug-likeness (QED) is 0.828. The second-order valence-corrected chi connectivity index (χ2v) is 5.56. The van der Waals surface area contributed by atoms with E-state index in [9.17, 15) is 9.59 Å². The monoisotopic (exact) mass is 329 g/mol. The third-order valence-electron chi connectivity index (χ3n) is 3.84. The molecule has 2 unspecified atom stereocenters. The first kappa shape index (κ1) is 18.5. The average Bonchev–Trinajstić information content (AvgIpc) is 2.80. The molecule has 1 aromatic rings. The van der Waals surface area contributed by atoms with Gasteiger partial charge in [-0.25, -0.2) is 4.79 Å². The summed E-state index contributed by atoms with van der Waals surface area (Å²) in [7, 11) is 1.75. The van der Waals surface area contributed by atoms with Crippen molar-refractivity contribution in [3.05, 3.63) is 18.0 Å². The molecule has 0 aromatic carbocycles. The van der Waals surface area contributed by atoms with E-state index in [1.165, 1.54) is 0 Å². The third-order valence-corrected chi connectivity index (χ3v) is 3.84. The number of rotatable bonds is 4. The number of ether oxygens (including phenoxy) is 1. The fourth-order valence-corrected chi connectivity index (χ4v) is 2.75. The summed E-state index contributed by atoms with van der Waals surface area (Å²) < 4.78 is 6.62. The van der Waals surface area contributed by atoms with Crippen LogP contribution in [0.4, 0.5) is 5.69 Å². The van der Waals surface area contributed by atoms with Gasteiger partial charge in [0.05, 0.1) is 12.3 Å². The highest BCUT2D eigenvalue weighted by molar-refractivity contribution is 5.95. The molecule has 1 amide bonds. The van der Waals surface area contributed by atoms with Gasteiger partial charge in [-0.05, 0) is 32.3 Å². The van der Waals surface area contributed by atoms with Crippen molar-refractivity contribution < 1.29 is 14.3 Å². The van der Waals surface area contributed by atoms with Crippen LogP contribution in [0.5, 0.6) is 0 Å². The second-order valence-electron chi connectivity index (χ2n) is 5.56. The minimum absolute atomic E-state index is 0. The van der Waals surface area contributed by atoms with E-state index in [1.54, 1.807) is 30.8 Å². The van der Waals surface area contributed by atoms with Crippen LogP contribution in [0.3, 0.4) is 0 Å². The zero-order chi connectivity index (χ0) is 15.4. The number of nitrogens with two attached hydrogens (primary N) is 1. The highest BCUT2D eigenvalue weighted by Gasteiger charge is 2.26. The highest BCUT2D eigenvalue weighted by atomic mass is 35.5. The molecule has 3 N–H and O–H groups in total. The summed E-state index contributed by atoms with van der Waals surface area (Å²) >= 11 is 0. The molecule has 0 saturated heterocycles. The van der Waals surface area contributed by atoms with Crippen LogP contribution < -0.4 is 11.1 Å². The van der Waals surface area contributed by atoms with E-state index in [1.807, 2.05) is 0 Å². The highest BCUT2D eigenvalue weighted by Crippen LogP contribution is 2.25. The molecule has 1 aliphatic carbocycles. The van der Waals surface area contributed by atoms with Crippen LogP contribution in [0.25, 0.3) is 0 Å². The topological polar surface area (TPSA) is 86.3 Å². The molecule has 6 nitrogen and oxygen atoms in total. The van der Waals surface area contributed by atoms with Crippen LogP contribution in [0, 0.1) is 5.92 Å². The Morgan fingerprint density at radius 2 is 2.18 bits per heavy atom. The van der Waals surface area contributed by atoms with E-state index >= 15 is 0 Å². The van der Waals surface area contributed by atoms with Gasteiger partial charge < -0.3 is 20.4 Å². The summed E-state index contributed by atoms with van der Waals surface area (Å²) in [6.07, 6.45) is 5.29. The molecule has 0 radical (unpaired) electrons. The molecule has 124 valence electrons. The number of nitrogens with zero attached hydrogens (tertiary/aromatic N) is 1. The first-order valence-corrected chi connectivity index (χ1v) is 7.41. The number of carbonyl (C=O) groups is 2. The molecule has 1 fully saturated rings. The van der Waals surface area contributed by atoms with E-state index in [2.05, 4.69) is 5.32 Å². The SMILES string of the molecule is CCOC(=O)c1cc(NC(=O)C2CCCC(N)C2)cn1C.Cl. The lowest BCUT2D eigenvalue weighted by Crippen LogP contribution is -2.34. The van der Waals surface area contributed by atoms with E-state index in [4.69, 9.17) is 10.5 Å². The molecule has 0 bridgehead atoms. The summed E-state index contributed by atoms with van der Waals surface area (Å²) in [4.78, 5) is 24.0. The van der Waals surface area contributed by atoms with Crippen molar-refractivity contribution in [1.82, 2.24) is 4.57 Å². The smallest absolute Gasteiger partial charge is 0.355 e. The number of esters is 1. The van der Waals surface area contributed by atoms with Gasteiger partial charge in [0.15, 0.2) is 0 Å².